The van der Waals surface area contributed by atoms with Gasteiger partial charge in [-0.15, -0.1) is 0 Å². The fourth-order valence-electron chi connectivity index (χ4n) is 2.17. The van der Waals surface area contributed by atoms with Crippen molar-refractivity contribution in [2.75, 3.05) is 6.54 Å². The Hall–Kier alpha value is -1.35. The lowest BCUT2D eigenvalue weighted by Gasteiger charge is -2.23. The highest BCUT2D eigenvalue weighted by Crippen LogP contribution is 2.19. The van der Waals surface area contributed by atoms with Gasteiger partial charge in [0, 0.05) is 12.6 Å². The summed E-state index contributed by atoms with van der Waals surface area (Å²) in [4.78, 5) is 11.8. The Labute approximate surface area is 116 Å². The van der Waals surface area contributed by atoms with Crippen molar-refractivity contribution in [2.45, 2.75) is 46.6 Å². The molecule has 0 saturated heterocycles. The Morgan fingerprint density at radius 1 is 1.37 bits per heavy atom. The SMILES string of the molecule is Cc1cccc(CC(=O)NCC(N)CC(C)(C)C)c1. The highest BCUT2D eigenvalue weighted by Gasteiger charge is 2.16. The van der Waals surface area contributed by atoms with Crippen LogP contribution in [0.3, 0.4) is 0 Å². The summed E-state index contributed by atoms with van der Waals surface area (Å²) in [6, 6.07) is 8.03. The molecule has 0 fully saturated rings. The molecule has 106 valence electrons. The first-order chi connectivity index (χ1) is 8.76. The summed E-state index contributed by atoms with van der Waals surface area (Å²) in [5.41, 5.74) is 8.43. The molecule has 0 spiro atoms. The molecule has 3 heteroatoms. The van der Waals surface area contributed by atoms with Gasteiger partial charge in [-0.25, -0.2) is 0 Å². The molecule has 0 aliphatic carbocycles. The molecular formula is C16H26N2O. The lowest BCUT2D eigenvalue weighted by atomic mass is 9.88. The zero-order valence-corrected chi connectivity index (χ0v) is 12.5. The second kappa shape index (κ2) is 6.71. The Kier molecular flexibility index (Phi) is 5.55. The van der Waals surface area contributed by atoms with E-state index in [2.05, 4.69) is 26.1 Å². The van der Waals surface area contributed by atoms with E-state index in [1.807, 2.05) is 31.2 Å². The quantitative estimate of drug-likeness (QED) is 0.856. The lowest BCUT2D eigenvalue weighted by molar-refractivity contribution is -0.120. The number of carbonyl (C=O) groups excluding carboxylic acids is 1. The first-order valence-electron chi connectivity index (χ1n) is 6.84. The molecule has 0 aromatic heterocycles. The van der Waals surface area contributed by atoms with Gasteiger partial charge in [-0.2, -0.15) is 0 Å². The van der Waals surface area contributed by atoms with Crippen LogP contribution in [0, 0.1) is 12.3 Å². The van der Waals surface area contributed by atoms with Crippen molar-refractivity contribution in [3.8, 4) is 0 Å². The number of amides is 1. The van der Waals surface area contributed by atoms with Crippen LogP contribution in [0.25, 0.3) is 0 Å². The van der Waals surface area contributed by atoms with Crippen LogP contribution in [-0.2, 0) is 11.2 Å². The van der Waals surface area contributed by atoms with E-state index in [-0.39, 0.29) is 17.4 Å². The third kappa shape index (κ3) is 6.97. The van der Waals surface area contributed by atoms with E-state index in [0.717, 1.165) is 12.0 Å². The lowest BCUT2D eigenvalue weighted by Crippen LogP contribution is -2.39. The summed E-state index contributed by atoms with van der Waals surface area (Å²) in [7, 11) is 0. The summed E-state index contributed by atoms with van der Waals surface area (Å²) in [5, 5.41) is 2.91. The maximum absolute atomic E-state index is 11.8. The van der Waals surface area contributed by atoms with Gasteiger partial charge in [0.25, 0.3) is 0 Å². The predicted molar refractivity (Wildman–Crippen MR) is 79.9 cm³/mol. The second-order valence-electron chi connectivity index (χ2n) is 6.49. The summed E-state index contributed by atoms with van der Waals surface area (Å²) in [6.07, 6.45) is 1.32. The van der Waals surface area contributed by atoms with Crippen molar-refractivity contribution in [3.63, 3.8) is 0 Å². The molecule has 1 atom stereocenters. The Balaban J connectivity index is 2.36. The fourth-order valence-corrected chi connectivity index (χ4v) is 2.17. The molecule has 0 bridgehead atoms. The van der Waals surface area contributed by atoms with Gasteiger partial charge < -0.3 is 11.1 Å². The highest BCUT2D eigenvalue weighted by atomic mass is 16.1. The van der Waals surface area contributed by atoms with Gasteiger partial charge in [0.2, 0.25) is 5.91 Å². The number of hydrogen-bond donors (Lipinski definition) is 2. The van der Waals surface area contributed by atoms with E-state index in [1.54, 1.807) is 0 Å². The third-order valence-corrected chi connectivity index (χ3v) is 2.88. The van der Waals surface area contributed by atoms with Gasteiger partial charge in [0.05, 0.1) is 6.42 Å². The highest BCUT2D eigenvalue weighted by molar-refractivity contribution is 5.78. The monoisotopic (exact) mass is 262 g/mol. The number of rotatable bonds is 5. The van der Waals surface area contributed by atoms with Gasteiger partial charge in [-0.1, -0.05) is 50.6 Å². The minimum atomic E-state index is 0.0152. The average molecular weight is 262 g/mol. The third-order valence-electron chi connectivity index (χ3n) is 2.88. The van der Waals surface area contributed by atoms with E-state index in [0.29, 0.717) is 13.0 Å². The van der Waals surface area contributed by atoms with E-state index >= 15 is 0 Å². The van der Waals surface area contributed by atoms with Crippen LogP contribution in [0.15, 0.2) is 24.3 Å². The molecule has 19 heavy (non-hydrogen) atoms. The van der Waals surface area contributed by atoms with Crippen molar-refractivity contribution in [2.24, 2.45) is 11.1 Å². The molecule has 0 radical (unpaired) electrons. The smallest absolute Gasteiger partial charge is 0.224 e. The normalized spacial score (nSPS) is 13.1. The molecule has 0 heterocycles. The molecule has 1 unspecified atom stereocenters. The largest absolute Gasteiger partial charge is 0.354 e. The summed E-state index contributed by atoms with van der Waals surface area (Å²) in [5.74, 6) is 0.0370. The molecule has 1 aromatic carbocycles. The summed E-state index contributed by atoms with van der Waals surface area (Å²) in [6.45, 7) is 9.03. The van der Waals surface area contributed by atoms with Gasteiger partial charge in [-0.3, -0.25) is 4.79 Å². The average Bonchev–Trinajstić information content (AvgIpc) is 2.24. The Morgan fingerprint density at radius 2 is 2.05 bits per heavy atom. The van der Waals surface area contributed by atoms with Crippen LogP contribution in [0.4, 0.5) is 0 Å². The maximum Gasteiger partial charge on any atom is 0.224 e. The summed E-state index contributed by atoms with van der Waals surface area (Å²) >= 11 is 0. The molecule has 3 nitrogen and oxygen atoms in total. The van der Waals surface area contributed by atoms with Gasteiger partial charge in [-0.05, 0) is 24.3 Å². The van der Waals surface area contributed by atoms with Crippen LogP contribution in [-0.4, -0.2) is 18.5 Å². The van der Waals surface area contributed by atoms with Crippen molar-refractivity contribution in [1.29, 1.82) is 0 Å². The summed E-state index contributed by atoms with van der Waals surface area (Å²) < 4.78 is 0. The first kappa shape index (κ1) is 15.7. The Morgan fingerprint density at radius 3 is 2.63 bits per heavy atom. The van der Waals surface area contributed by atoms with E-state index in [1.165, 1.54) is 5.56 Å². The van der Waals surface area contributed by atoms with Crippen molar-refractivity contribution in [3.05, 3.63) is 35.4 Å². The number of nitrogens with two attached hydrogens (primary N) is 1. The van der Waals surface area contributed by atoms with Crippen LogP contribution in [0.1, 0.15) is 38.3 Å². The predicted octanol–water partition coefficient (Wildman–Crippen LogP) is 2.42. The van der Waals surface area contributed by atoms with Gasteiger partial charge in [0.15, 0.2) is 0 Å². The van der Waals surface area contributed by atoms with E-state index in [4.69, 9.17) is 5.73 Å². The van der Waals surface area contributed by atoms with E-state index < -0.39 is 0 Å². The number of nitrogens with one attached hydrogen (secondary N) is 1. The molecule has 3 N–H and O–H groups in total. The minimum Gasteiger partial charge on any atom is -0.354 e. The maximum atomic E-state index is 11.8. The van der Waals surface area contributed by atoms with Crippen LogP contribution in [0.5, 0.6) is 0 Å². The zero-order valence-electron chi connectivity index (χ0n) is 12.5. The van der Waals surface area contributed by atoms with Crippen molar-refractivity contribution >= 4 is 5.91 Å². The molecule has 1 rings (SSSR count). The topological polar surface area (TPSA) is 55.1 Å². The molecule has 1 amide bonds. The van der Waals surface area contributed by atoms with Crippen molar-refractivity contribution in [1.82, 2.24) is 5.32 Å². The van der Waals surface area contributed by atoms with Crippen LogP contribution >= 0.6 is 0 Å². The standard InChI is InChI=1S/C16H26N2O/c1-12-6-5-7-13(8-12)9-15(19)18-11-14(17)10-16(2,3)4/h5-8,14H,9-11,17H2,1-4H3,(H,18,19). The minimum absolute atomic E-state index is 0.0152. The van der Waals surface area contributed by atoms with E-state index in [9.17, 15) is 4.79 Å². The number of hydrogen-bond acceptors (Lipinski definition) is 2. The fraction of sp³-hybridized carbons (Fsp3) is 0.562. The number of benzene rings is 1. The second-order valence-corrected chi connectivity index (χ2v) is 6.49. The molecule has 0 saturated carbocycles. The molecule has 0 aliphatic heterocycles. The van der Waals surface area contributed by atoms with Crippen LogP contribution < -0.4 is 11.1 Å². The van der Waals surface area contributed by atoms with Gasteiger partial charge in [0.1, 0.15) is 0 Å². The van der Waals surface area contributed by atoms with Crippen molar-refractivity contribution < 1.29 is 4.79 Å². The first-order valence-corrected chi connectivity index (χ1v) is 6.84. The van der Waals surface area contributed by atoms with Crippen LogP contribution in [0.2, 0.25) is 0 Å². The zero-order chi connectivity index (χ0) is 14.5. The molecular weight excluding hydrogens is 236 g/mol. The van der Waals surface area contributed by atoms with Gasteiger partial charge >= 0.3 is 0 Å². The Bertz CT molecular complexity index is 421. The molecule has 0 aliphatic rings. The number of aryl methyl sites for hydroxylation is 1. The number of carbonyl (C=O) groups is 1. The molecule has 1 aromatic rings.